The summed E-state index contributed by atoms with van der Waals surface area (Å²) >= 11 is 9.42. The van der Waals surface area contributed by atoms with Crippen molar-refractivity contribution in [2.24, 2.45) is 0 Å². The van der Waals surface area contributed by atoms with E-state index in [1.807, 2.05) is 25.1 Å². The quantitative estimate of drug-likeness (QED) is 0.872. The number of aromatic nitrogens is 1. The predicted molar refractivity (Wildman–Crippen MR) is 85.6 cm³/mol. The fraction of sp³-hybridized carbons (Fsp3) is 0.143. The highest BCUT2D eigenvalue weighted by Crippen LogP contribution is 2.25. The highest BCUT2D eigenvalue weighted by Gasteiger charge is 2.14. The maximum atomic E-state index is 12.3. The number of anilines is 2. The lowest BCUT2D eigenvalue weighted by Gasteiger charge is -2.10. The SMILES string of the molecule is CNc1ccc(Cl)c(C(=O)Nc2cc(C)ccc2Br)n1. The summed E-state index contributed by atoms with van der Waals surface area (Å²) in [4.78, 5) is 16.4. The number of benzene rings is 1. The Labute approximate surface area is 130 Å². The second-order valence-corrected chi connectivity index (χ2v) is 5.48. The Hall–Kier alpha value is -1.59. The molecule has 0 fully saturated rings. The van der Waals surface area contributed by atoms with Crippen LogP contribution in [0.4, 0.5) is 11.5 Å². The molecule has 0 saturated heterocycles. The van der Waals surface area contributed by atoms with E-state index < -0.39 is 0 Å². The Morgan fingerprint density at radius 2 is 2.05 bits per heavy atom. The number of hydrogen-bond donors (Lipinski definition) is 2. The third-order valence-electron chi connectivity index (χ3n) is 2.69. The molecular formula is C14H13BrClN3O. The Balaban J connectivity index is 2.30. The largest absolute Gasteiger partial charge is 0.373 e. The van der Waals surface area contributed by atoms with E-state index in [-0.39, 0.29) is 11.6 Å². The number of pyridine rings is 1. The second-order valence-electron chi connectivity index (χ2n) is 4.21. The Kier molecular flexibility index (Phi) is 4.62. The number of aryl methyl sites for hydroxylation is 1. The maximum absolute atomic E-state index is 12.3. The monoisotopic (exact) mass is 353 g/mol. The minimum Gasteiger partial charge on any atom is -0.373 e. The number of carbonyl (C=O) groups is 1. The zero-order valence-electron chi connectivity index (χ0n) is 11.0. The molecule has 0 atom stereocenters. The fourth-order valence-corrected chi connectivity index (χ4v) is 2.19. The molecule has 0 aliphatic heterocycles. The molecule has 20 heavy (non-hydrogen) atoms. The summed E-state index contributed by atoms with van der Waals surface area (Å²) in [6.45, 7) is 1.95. The minimum absolute atomic E-state index is 0.187. The van der Waals surface area contributed by atoms with Gasteiger partial charge < -0.3 is 10.6 Å². The number of carbonyl (C=O) groups excluding carboxylic acids is 1. The third kappa shape index (κ3) is 3.29. The number of halogens is 2. The van der Waals surface area contributed by atoms with Crippen molar-refractivity contribution in [1.82, 2.24) is 4.98 Å². The van der Waals surface area contributed by atoms with Gasteiger partial charge in [-0.1, -0.05) is 17.7 Å². The number of nitrogens with zero attached hydrogens (tertiary/aromatic N) is 1. The van der Waals surface area contributed by atoms with Gasteiger partial charge in [0, 0.05) is 11.5 Å². The Morgan fingerprint density at radius 3 is 2.75 bits per heavy atom. The van der Waals surface area contributed by atoms with Crippen molar-refractivity contribution in [2.75, 3.05) is 17.7 Å². The molecule has 1 amide bonds. The van der Waals surface area contributed by atoms with Crippen LogP contribution in [-0.2, 0) is 0 Å². The summed E-state index contributed by atoms with van der Waals surface area (Å²) in [5.41, 5.74) is 1.92. The molecule has 1 aromatic carbocycles. The maximum Gasteiger partial charge on any atom is 0.275 e. The van der Waals surface area contributed by atoms with Gasteiger partial charge in [0.1, 0.15) is 11.5 Å². The van der Waals surface area contributed by atoms with E-state index in [9.17, 15) is 4.79 Å². The third-order valence-corrected chi connectivity index (χ3v) is 3.68. The molecule has 2 aromatic rings. The highest BCUT2D eigenvalue weighted by molar-refractivity contribution is 9.10. The van der Waals surface area contributed by atoms with Gasteiger partial charge in [-0.05, 0) is 52.7 Å². The molecule has 2 N–H and O–H groups in total. The normalized spacial score (nSPS) is 10.2. The van der Waals surface area contributed by atoms with Crippen molar-refractivity contribution >= 4 is 44.9 Å². The number of hydrogen-bond acceptors (Lipinski definition) is 3. The van der Waals surface area contributed by atoms with E-state index in [1.54, 1.807) is 19.2 Å². The molecule has 2 rings (SSSR count). The van der Waals surface area contributed by atoms with Crippen LogP contribution in [0.25, 0.3) is 0 Å². The molecule has 0 aliphatic rings. The van der Waals surface area contributed by atoms with Gasteiger partial charge in [-0.25, -0.2) is 4.98 Å². The van der Waals surface area contributed by atoms with Crippen molar-refractivity contribution in [3.63, 3.8) is 0 Å². The summed E-state index contributed by atoms with van der Waals surface area (Å²) < 4.78 is 0.803. The van der Waals surface area contributed by atoms with Crippen LogP contribution in [0.1, 0.15) is 16.1 Å². The zero-order valence-corrected chi connectivity index (χ0v) is 13.3. The molecule has 0 radical (unpaired) electrons. The number of rotatable bonds is 3. The van der Waals surface area contributed by atoms with Gasteiger partial charge in [-0.15, -0.1) is 0 Å². The van der Waals surface area contributed by atoms with Crippen LogP contribution in [0.15, 0.2) is 34.8 Å². The Morgan fingerprint density at radius 1 is 1.30 bits per heavy atom. The first-order valence-corrected chi connectivity index (χ1v) is 7.10. The average molecular weight is 355 g/mol. The lowest BCUT2D eigenvalue weighted by atomic mass is 10.2. The van der Waals surface area contributed by atoms with E-state index in [0.29, 0.717) is 16.5 Å². The van der Waals surface area contributed by atoms with Crippen LogP contribution >= 0.6 is 27.5 Å². The van der Waals surface area contributed by atoms with Crippen LogP contribution in [-0.4, -0.2) is 17.9 Å². The van der Waals surface area contributed by atoms with Gasteiger partial charge in [0.05, 0.1) is 10.7 Å². The van der Waals surface area contributed by atoms with Gasteiger partial charge >= 0.3 is 0 Å². The molecule has 0 aliphatic carbocycles. The Bertz CT molecular complexity index is 661. The lowest BCUT2D eigenvalue weighted by Crippen LogP contribution is -2.15. The van der Waals surface area contributed by atoms with E-state index >= 15 is 0 Å². The second kappa shape index (κ2) is 6.24. The number of nitrogens with one attached hydrogen (secondary N) is 2. The first-order chi connectivity index (χ1) is 9.51. The van der Waals surface area contributed by atoms with Gasteiger partial charge in [0.2, 0.25) is 0 Å². The van der Waals surface area contributed by atoms with Crippen molar-refractivity contribution in [3.8, 4) is 0 Å². The van der Waals surface area contributed by atoms with Crippen LogP contribution in [0.3, 0.4) is 0 Å². The van der Waals surface area contributed by atoms with Gasteiger partial charge in [0.15, 0.2) is 0 Å². The van der Waals surface area contributed by atoms with Gasteiger partial charge in [-0.2, -0.15) is 0 Å². The molecule has 0 bridgehead atoms. The van der Waals surface area contributed by atoms with Crippen LogP contribution in [0, 0.1) is 6.92 Å². The fourth-order valence-electron chi connectivity index (χ4n) is 1.66. The first kappa shape index (κ1) is 14.8. The zero-order chi connectivity index (χ0) is 14.7. The first-order valence-electron chi connectivity index (χ1n) is 5.93. The van der Waals surface area contributed by atoms with Crippen molar-refractivity contribution < 1.29 is 4.79 Å². The predicted octanol–water partition coefficient (Wildman–Crippen LogP) is 4.10. The van der Waals surface area contributed by atoms with Gasteiger partial charge in [-0.3, -0.25) is 4.79 Å². The highest BCUT2D eigenvalue weighted by atomic mass is 79.9. The summed E-state index contributed by atoms with van der Waals surface area (Å²) in [6, 6.07) is 9.05. The van der Waals surface area contributed by atoms with E-state index in [0.717, 1.165) is 10.0 Å². The molecule has 0 spiro atoms. The van der Waals surface area contributed by atoms with Gasteiger partial charge in [0.25, 0.3) is 5.91 Å². The summed E-state index contributed by atoms with van der Waals surface area (Å²) in [5.74, 6) is 0.237. The van der Waals surface area contributed by atoms with Crippen LogP contribution in [0.5, 0.6) is 0 Å². The standard InChI is InChI=1S/C14H13BrClN3O/c1-8-3-4-9(15)11(7-8)18-14(20)13-10(16)5-6-12(17-2)19-13/h3-7H,1-2H3,(H,17,19)(H,18,20). The lowest BCUT2D eigenvalue weighted by molar-refractivity contribution is 0.102. The topological polar surface area (TPSA) is 54.0 Å². The van der Waals surface area contributed by atoms with E-state index in [4.69, 9.17) is 11.6 Å². The molecule has 1 aromatic heterocycles. The molecule has 104 valence electrons. The molecule has 6 heteroatoms. The van der Waals surface area contributed by atoms with Crippen molar-refractivity contribution in [1.29, 1.82) is 0 Å². The summed E-state index contributed by atoms with van der Waals surface area (Å²) in [5, 5.41) is 5.98. The summed E-state index contributed by atoms with van der Waals surface area (Å²) in [7, 11) is 1.73. The molecular weight excluding hydrogens is 342 g/mol. The van der Waals surface area contributed by atoms with E-state index in [2.05, 4.69) is 31.5 Å². The smallest absolute Gasteiger partial charge is 0.275 e. The van der Waals surface area contributed by atoms with Crippen LogP contribution in [0.2, 0.25) is 5.02 Å². The van der Waals surface area contributed by atoms with Crippen molar-refractivity contribution in [2.45, 2.75) is 6.92 Å². The molecule has 1 heterocycles. The van der Waals surface area contributed by atoms with Crippen molar-refractivity contribution in [3.05, 3.63) is 51.1 Å². The van der Waals surface area contributed by atoms with E-state index in [1.165, 1.54) is 0 Å². The number of amides is 1. The molecule has 0 unspecified atom stereocenters. The molecule has 0 saturated carbocycles. The van der Waals surface area contributed by atoms with Crippen LogP contribution < -0.4 is 10.6 Å². The summed E-state index contributed by atoms with van der Waals surface area (Å²) in [6.07, 6.45) is 0. The molecule has 4 nitrogen and oxygen atoms in total. The minimum atomic E-state index is -0.349. The average Bonchev–Trinajstić information content (AvgIpc) is 2.43.